The molecule has 3 aromatic carbocycles. The number of ether oxygens (including phenoxy) is 2. The van der Waals surface area contributed by atoms with E-state index in [0.29, 0.717) is 40.4 Å². The van der Waals surface area contributed by atoms with Crippen LogP contribution in [0.2, 0.25) is 0 Å². The Hall–Kier alpha value is -3.99. The molecule has 0 aliphatic heterocycles. The number of nitrogen functional groups attached to an aromatic ring is 2. The maximum absolute atomic E-state index is 12.8. The van der Waals surface area contributed by atoms with Crippen molar-refractivity contribution in [3.8, 4) is 11.5 Å². The first-order valence-corrected chi connectivity index (χ1v) is 9.61. The molecule has 0 spiro atoms. The van der Waals surface area contributed by atoms with E-state index in [4.69, 9.17) is 20.9 Å². The molecular formula is C25H22N2O3. The number of hydrogen-bond acceptors (Lipinski definition) is 5. The van der Waals surface area contributed by atoms with E-state index in [9.17, 15) is 4.79 Å². The van der Waals surface area contributed by atoms with Crippen LogP contribution in [0.1, 0.15) is 16.8 Å². The molecule has 0 saturated heterocycles. The molecule has 150 valence electrons. The molecule has 0 heterocycles. The Bertz CT molecular complexity index is 1040. The maximum atomic E-state index is 12.8. The van der Waals surface area contributed by atoms with Crippen molar-refractivity contribution >= 4 is 17.2 Å². The zero-order valence-corrected chi connectivity index (χ0v) is 16.3. The molecule has 30 heavy (non-hydrogen) atoms. The van der Waals surface area contributed by atoms with Gasteiger partial charge in [0.05, 0.1) is 0 Å². The van der Waals surface area contributed by atoms with Gasteiger partial charge in [-0.05, 0) is 54.6 Å². The van der Waals surface area contributed by atoms with Crippen molar-refractivity contribution in [3.63, 3.8) is 0 Å². The van der Waals surface area contributed by atoms with E-state index in [1.165, 1.54) is 0 Å². The van der Waals surface area contributed by atoms with Crippen molar-refractivity contribution in [1.29, 1.82) is 0 Å². The van der Waals surface area contributed by atoms with Gasteiger partial charge < -0.3 is 20.9 Å². The zero-order valence-electron chi connectivity index (χ0n) is 16.3. The highest BCUT2D eigenvalue weighted by Crippen LogP contribution is 2.32. The third-order valence-electron chi connectivity index (χ3n) is 4.76. The van der Waals surface area contributed by atoms with Gasteiger partial charge in [-0.15, -0.1) is 0 Å². The molecule has 1 aliphatic rings. The number of hydrogen-bond donors (Lipinski definition) is 2. The number of benzene rings is 3. The lowest BCUT2D eigenvalue weighted by Gasteiger charge is -2.33. The molecule has 0 amide bonds. The number of carbonyl (C=O) groups is 1. The summed E-state index contributed by atoms with van der Waals surface area (Å²) in [7, 11) is 0. The summed E-state index contributed by atoms with van der Waals surface area (Å²) in [5, 5.41) is 0. The Balaban J connectivity index is 1.60. The van der Waals surface area contributed by atoms with Crippen molar-refractivity contribution in [1.82, 2.24) is 0 Å². The fraction of sp³-hybridized carbons (Fsp3) is 0.0800. The Morgan fingerprint density at radius 2 is 1.30 bits per heavy atom. The highest BCUT2D eigenvalue weighted by Gasteiger charge is 2.34. The highest BCUT2D eigenvalue weighted by molar-refractivity contribution is 6.10. The van der Waals surface area contributed by atoms with Crippen LogP contribution in [0.3, 0.4) is 0 Å². The summed E-state index contributed by atoms with van der Waals surface area (Å²) >= 11 is 0. The lowest BCUT2D eigenvalue weighted by atomic mass is 9.95. The SMILES string of the molecule is Nc1ccc(OC2(Oc3ccc(N)cc3)C=CC(C(=O)c3ccccc3)=CC2)cc1. The van der Waals surface area contributed by atoms with Crippen molar-refractivity contribution in [3.05, 3.63) is 108 Å². The van der Waals surface area contributed by atoms with Crippen LogP contribution in [0.4, 0.5) is 11.4 Å². The van der Waals surface area contributed by atoms with Gasteiger partial charge in [-0.25, -0.2) is 0 Å². The number of ketones is 1. The molecule has 4 rings (SSSR count). The van der Waals surface area contributed by atoms with Gasteiger partial charge in [0.15, 0.2) is 5.78 Å². The monoisotopic (exact) mass is 398 g/mol. The summed E-state index contributed by atoms with van der Waals surface area (Å²) in [4.78, 5) is 12.8. The molecule has 3 aromatic rings. The highest BCUT2D eigenvalue weighted by atomic mass is 16.7. The van der Waals surface area contributed by atoms with Crippen molar-refractivity contribution in [2.24, 2.45) is 0 Å². The molecule has 0 unspecified atom stereocenters. The van der Waals surface area contributed by atoms with E-state index in [2.05, 4.69) is 0 Å². The second-order valence-corrected chi connectivity index (χ2v) is 7.05. The minimum atomic E-state index is -1.10. The fourth-order valence-electron chi connectivity index (χ4n) is 3.17. The van der Waals surface area contributed by atoms with Crippen LogP contribution >= 0.6 is 0 Å². The van der Waals surface area contributed by atoms with Crippen LogP contribution in [-0.2, 0) is 0 Å². The van der Waals surface area contributed by atoms with Crippen LogP contribution in [0.25, 0.3) is 0 Å². The molecule has 0 radical (unpaired) electrons. The zero-order chi connectivity index (χ0) is 21.0. The second kappa shape index (κ2) is 8.17. The van der Waals surface area contributed by atoms with E-state index in [-0.39, 0.29) is 5.78 Å². The maximum Gasteiger partial charge on any atom is 0.274 e. The number of nitrogens with two attached hydrogens (primary N) is 2. The molecule has 5 heteroatoms. The normalized spacial score (nSPS) is 14.6. The van der Waals surface area contributed by atoms with Crippen LogP contribution in [0.15, 0.2) is 103 Å². The number of allylic oxidation sites excluding steroid dienone is 2. The van der Waals surface area contributed by atoms with E-state index < -0.39 is 5.79 Å². The summed E-state index contributed by atoms with van der Waals surface area (Å²) in [5.74, 6) is 0.0682. The molecule has 0 aromatic heterocycles. The average Bonchev–Trinajstić information content (AvgIpc) is 2.78. The van der Waals surface area contributed by atoms with E-state index >= 15 is 0 Å². The Morgan fingerprint density at radius 1 is 0.767 bits per heavy atom. The molecule has 0 fully saturated rings. The second-order valence-electron chi connectivity index (χ2n) is 7.05. The fourth-order valence-corrected chi connectivity index (χ4v) is 3.17. The first-order valence-electron chi connectivity index (χ1n) is 9.61. The molecule has 0 saturated carbocycles. The Morgan fingerprint density at radius 3 is 1.77 bits per heavy atom. The van der Waals surface area contributed by atoms with Gasteiger partial charge in [0.25, 0.3) is 5.79 Å². The van der Waals surface area contributed by atoms with Gasteiger partial charge >= 0.3 is 0 Å². The first kappa shape index (κ1) is 19.3. The van der Waals surface area contributed by atoms with E-state index in [1.807, 2.05) is 24.3 Å². The molecule has 0 atom stereocenters. The summed E-state index contributed by atoms with van der Waals surface area (Å²) in [6, 6.07) is 23.4. The number of rotatable bonds is 6. The summed E-state index contributed by atoms with van der Waals surface area (Å²) in [5.41, 5.74) is 14.1. The molecule has 1 aliphatic carbocycles. The third-order valence-corrected chi connectivity index (χ3v) is 4.76. The number of anilines is 2. The topological polar surface area (TPSA) is 87.6 Å². The largest absolute Gasteiger partial charge is 0.448 e. The first-order chi connectivity index (χ1) is 14.5. The van der Waals surface area contributed by atoms with Gasteiger partial charge in [0.2, 0.25) is 0 Å². The molecule has 5 nitrogen and oxygen atoms in total. The summed E-state index contributed by atoms with van der Waals surface area (Å²) in [6.45, 7) is 0. The van der Waals surface area contributed by atoms with E-state index in [1.54, 1.807) is 72.8 Å². The quantitative estimate of drug-likeness (QED) is 0.355. The van der Waals surface area contributed by atoms with Crippen molar-refractivity contribution in [2.75, 3.05) is 11.5 Å². The minimum absolute atomic E-state index is 0.0413. The summed E-state index contributed by atoms with van der Waals surface area (Å²) in [6.07, 6.45) is 5.71. The van der Waals surface area contributed by atoms with Crippen LogP contribution in [0.5, 0.6) is 11.5 Å². The molecule has 4 N–H and O–H groups in total. The van der Waals surface area contributed by atoms with Crippen LogP contribution < -0.4 is 20.9 Å². The minimum Gasteiger partial charge on any atom is -0.448 e. The number of carbonyl (C=O) groups excluding carboxylic acids is 1. The Kier molecular flexibility index (Phi) is 5.26. The van der Waals surface area contributed by atoms with Crippen LogP contribution in [0, 0.1) is 0 Å². The smallest absolute Gasteiger partial charge is 0.274 e. The van der Waals surface area contributed by atoms with Crippen molar-refractivity contribution in [2.45, 2.75) is 12.2 Å². The lowest BCUT2D eigenvalue weighted by Crippen LogP contribution is -2.41. The standard InChI is InChI=1S/C25H22N2O3/c26-20-6-10-22(11-7-20)29-25(30-23-12-8-21(27)9-13-23)16-14-19(15-17-25)24(28)18-4-2-1-3-5-18/h1-16H,17,26-27H2. The van der Waals surface area contributed by atoms with Gasteiger partial charge in [0, 0.05) is 35.0 Å². The molecular weight excluding hydrogens is 376 g/mol. The van der Waals surface area contributed by atoms with E-state index in [0.717, 1.165) is 0 Å². The van der Waals surface area contributed by atoms with Gasteiger partial charge in [0.1, 0.15) is 11.5 Å². The van der Waals surface area contributed by atoms with Gasteiger partial charge in [-0.3, -0.25) is 4.79 Å². The molecule has 0 bridgehead atoms. The Labute approximate surface area is 175 Å². The predicted molar refractivity (Wildman–Crippen MR) is 118 cm³/mol. The predicted octanol–water partition coefficient (Wildman–Crippen LogP) is 4.77. The van der Waals surface area contributed by atoms with Gasteiger partial charge in [-0.1, -0.05) is 36.4 Å². The lowest BCUT2D eigenvalue weighted by molar-refractivity contribution is -0.0689. The average molecular weight is 398 g/mol. The number of Topliss-reactive ketones (excluding diaryl/α,β-unsaturated/α-hetero) is 1. The van der Waals surface area contributed by atoms with Crippen LogP contribution in [-0.4, -0.2) is 11.6 Å². The third kappa shape index (κ3) is 4.36. The summed E-state index contributed by atoms with van der Waals surface area (Å²) < 4.78 is 12.4. The van der Waals surface area contributed by atoms with Gasteiger partial charge in [-0.2, -0.15) is 0 Å². The van der Waals surface area contributed by atoms with Crippen molar-refractivity contribution < 1.29 is 14.3 Å².